The number of benzene rings is 1. The second-order valence-corrected chi connectivity index (χ2v) is 19.1. The number of H-pyrrole nitrogens is 1. The highest BCUT2D eigenvalue weighted by atomic mass is 16.4. The molecule has 1 saturated heterocycles. The van der Waals surface area contributed by atoms with Crippen molar-refractivity contribution in [3.05, 3.63) is 36.0 Å². The molecule has 71 heavy (non-hydrogen) atoms. The quantitative estimate of drug-likeness (QED) is 0.0248. The highest BCUT2D eigenvalue weighted by Gasteiger charge is 2.38. The first kappa shape index (κ1) is 58.5. The Hall–Kier alpha value is -6.82. The zero-order chi connectivity index (χ0) is 53.1. The smallest absolute Gasteiger partial charge is 0.325 e. The first-order valence-corrected chi connectivity index (χ1v) is 24.0. The lowest BCUT2D eigenvalue weighted by molar-refractivity contribution is -0.142. The van der Waals surface area contributed by atoms with E-state index in [1.54, 1.807) is 40.0 Å². The maximum absolute atomic E-state index is 14.5. The number of rotatable bonds is 28. The van der Waals surface area contributed by atoms with Crippen molar-refractivity contribution in [1.82, 2.24) is 47.1 Å². The van der Waals surface area contributed by atoms with Gasteiger partial charge in [-0.05, 0) is 74.8 Å². The Morgan fingerprint density at radius 1 is 0.746 bits per heavy atom. The summed E-state index contributed by atoms with van der Waals surface area (Å²) in [5, 5.41) is 38.0. The number of amides is 8. The van der Waals surface area contributed by atoms with Gasteiger partial charge in [0.25, 0.3) is 0 Å². The van der Waals surface area contributed by atoms with Gasteiger partial charge in [0.05, 0.1) is 19.2 Å². The predicted molar refractivity (Wildman–Crippen MR) is 263 cm³/mol. The van der Waals surface area contributed by atoms with Crippen molar-refractivity contribution >= 4 is 70.1 Å². The van der Waals surface area contributed by atoms with Gasteiger partial charge in [0, 0.05) is 36.6 Å². The number of carbonyl (C=O) groups is 9. The molecule has 394 valence electrons. The summed E-state index contributed by atoms with van der Waals surface area (Å²) in [4.78, 5) is 129. The van der Waals surface area contributed by atoms with Crippen LogP contribution in [-0.4, -0.2) is 154 Å². The molecule has 1 fully saturated rings. The zero-order valence-electron chi connectivity index (χ0n) is 41.7. The molecule has 0 saturated carbocycles. The minimum atomic E-state index is -1.57. The van der Waals surface area contributed by atoms with Crippen molar-refractivity contribution in [3.8, 4) is 0 Å². The van der Waals surface area contributed by atoms with Gasteiger partial charge >= 0.3 is 5.97 Å². The molecule has 0 aliphatic carbocycles. The molecule has 8 atom stereocenters. The highest BCUT2D eigenvalue weighted by molar-refractivity contribution is 5.98. The maximum Gasteiger partial charge on any atom is 0.325 e. The number of nitrogens with zero attached hydrogens (tertiary/aromatic N) is 2. The van der Waals surface area contributed by atoms with Crippen LogP contribution in [0.5, 0.6) is 0 Å². The number of carboxylic acid groups (broad SMARTS) is 1. The summed E-state index contributed by atoms with van der Waals surface area (Å²) in [7, 11) is 0. The number of aromatic nitrogens is 1. The molecule has 0 spiro atoms. The molecule has 0 radical (unpaired) electrons. The van der Waals surface area contributed by atoms with Crippen molar-refractivity contribution in [2.24, 2.45) is 39.9 Å². The van der Waals surface area contributed by atoms with Crippen LogP contribution in [0.1, 0.15) is 92.6 Å². The van der Waals surface area contributed by atoms with Gasteiger partial charge in [-0.3, -0.25) is 48.1 Å². The number of hydrogen-bond donors (Lipinski definition) is 13. The largest absolute Gasteiger partial charge is 0.480 e. The summed E-state index contributed by atoms with van der Waals surface area (Å²) < 4.78 is 0. The van der Waals surface area contributed by atoms with Crippen molar-refractivity contribution in [1.29, 1.82) is 0 Å². The van der Waals surface area contributed by atoms with Crippen LogP contribution >= 0.6 is 0 Å². The molecule has 0 unspecified atom stereocenters. The molecule has 1 aromatic heterocycles. The van der Waals surface area contributed by atoms with E-state index >= 15 is 0 Å². The van der Waals surface area contributed by atoms with Gasteiger partial charge in [0.15, 0.2) is 5.96 Å². The molecule has 3 rings (SSSR count). The Kier molecular flexibility index (Phi) is 23.2. The van der Waals surface area contributed by atoms with Crippen molar-refractivity contribution in [2.75, 3.05) is 26.2 Å². The van der Waals surface area contributed by atoms with Gasteiger partial charge < -0.3 is 74.5 Å². The number of fused-ring (bicyclic) bond motifs is 1. The van der Waals surface area contributed by atoms with E-state index in [-0.39, 0.29) is 75.3 Å². The van der Waals surface area contributed by atoms with Crippen LogP contribution in [0.3, 0.4) is 0 Å². The number of aliphatic imine (C=N–C) groups is 1. The normalized spacial score (nSPS) is 16.5. The molecule has 2 heterocycles. The van der Waals surface area contributed by atoms with Gasteiger partial charge in [0.1, 0.15) is 42.3 Å². The lowest BCUT2D eigenvalue weighted by Crippen LogP contribution is -2.60. The third kappa shape index (κ3) is 18.5. The molecular weight excluding hydrogens is 923 g/mol. The number of hydrogen-bond acceptors (Lipinski definition) is 12. The van der Waals surface area contributed by atoms with Crippen LogP contribution in [0, 0.1) is 17.8 Å². The Bertz CT molecular complexity index is 2210. The van der Waals surface area contributed by atoms with Crippen LogP contribution in [0.15, 0.2) is 35.5 Å². The summed E-state index contributed by atoms with van der Waals surface area (Å²) in [6.45, 7) is 10.9. The third-order valence-electron chi connectivity index (χ3n) is 11.8. The second kappa shape index (κ2) is 28.1. The molecular formula is C47H75N13O11. The minimum Gasteiger partial charge on any atom is -0.480 e. The lowest BCUT2D eigenvalue weighted by Gasteiger charge is -2.29. The Balaban J connectivity index is 1.89. The van der Waals surface area contributed by atoms with Crippen LogP contribution < -0.4 is 54.4 Å². The van der Waals surface area contributed by atoms with Crippen LogP contribution in [0.4, 0.5) is 0 Å². The summed E-state index contributed by atoms with van der Waals surface area (Å²) in [6.07, 6.45) is 2.71. The van der Waals surface area contributed by atoms with Crippen LogP contribution in [0.2, 0.25) is 0 Å². The monoisotopic (exact) mass is 998 g/mol. The number of carbonyl (C=O) groups excluding carboxylic acids is 8. The molecule has 24 nitrogen and oxygen atoms in total. The lowest BCUT2D eigenvalue weighted by atomic mass is 10.00. The molecule has 0 bridgehead atoms. The number of nitrogens with two attached hydrogens (primary N) is 3. The second-order valence-electron chi connectivity index (χ2n) is 19.1. The van der Waals surface area contributed by atoms with E-state index in [0.29, 0.717) is 12.0 Å². The number of aliphatic carboxylic acids is 1. The van der Waals surface area contributed by atoms with Gasteiger partial charge in [-0.15, -0.1) is 0 Å². The summed E-state index contributed by atoms with van der Waals surface area (Å²) in [6, 6.07) is -2.52. The molecule has 1 aliphatic rings. The fourth-order valence-electron chi connectivity index (χ4n) is 7.86. The summed E-state index contributed by atoms with van der Waals surface area (Å²) in [5.41, 5.74) is 18.4. The highest BCUT2D eigenvalue weighted by Crippen LogP contribution is 2.21. The number of nitrogens with one attached hydrogen (secondary N) is 8. The van der Waals surface area contributed by atoms with Crippen molar-refractivity contribution < 1.29 is 53.4 Å². The number of aliphatic hydroxyl groups excluding tert-OH is 1. The summed E-state index contributed by atoms with van der Waals surface area (Å²) in [5.74, 6) is -7.73. The molecule has 8 amide bonds. The Morgan fingerprint density at radius 3 is 1.92 bits per heavy atom. The fraction of sp³-hybridized carbons (Fsp3) is 0.617. The fourth-order valence-corrected chi connectivity index (χ4v) is 7.86. The number of guanidine groups is 1. The number of carboxylic acids is 1. The van der Waals surface area contributed by atoms with Gasteiger partial charge in [-0.1, -0.05) is 59.7 Å². The first-order valence-electron chi connectivity index (χ1n) is 24.0. The predicted octanol–water partition coefficient (Wildman–Crippen LogP) is -2.05. The number of aliphatic hydroxyl groups is 1. The standard InChI is InChI=1S/C47H75N13O11/c1-24(2)18-32(58-45(69)38(48)26(5)6)39(63)53-22-37(62)60-17-11-15-36(60)44(68)55-31(14-10-16-51-47(49)50)40(64)57-34(20-28-21-52-30-13-9-8-12-29(28)30)42(66)56-33(19-25(3)4)41(65)59-35(23-61)43(67)54-27(7)46(70)71/h8-9,12-13,21,24-27,31-36,38,52,61H,10-11,14-20,22-23,48H2,1-7H3,(H,53,63)(H,54,67)(H,55,68)(H,56,66)(H,57,64)(H,58,69)(H,59,65)(H,70,71)(H4,49,50,51)/t27-,31-,32-,33-,34-,35-,36-,38-/m0/s1. The Morgan fingerprint density at radius 2 is 1.31 bits per heavy atom. The average molecular weight is 998 g/mol. The molecule has 2 aromatic rings. The van der Waals surface area contributed by atoms with E-state index < -0.39 is 115 Å². The topological polar surface area (TPSA) is 388 Å². The SMILES string of the molecule is CC(C)C[C@H](NC(=O)[C@H](Cc1c[nH]c2ccccc12)NC(=O)[C@H](CCCN=C(N)N)NC(=O)[C@@H]1CCCN1C(=O)CNC(=O)[C@H](CC(C)C)NC(=O)[C@@H](N)C(C)C)C(=O)N[C@@H](CO)C(=O)N[C@@H](C)C(=O)O. The van der Waals surface area contributed by atoms with E-state index in [9.17, 15) is 53.4 Å². The molecule has 24 heteroatoms. The first-order chi connectivity index (χ1) is 33.4. The van der Waals surface area contributed by atoms with E-state index in [1.807, 2.05) is 32.0 Å². The zero-order valence-corrected chi connectivity index (χ0v) is 41.7. The van der Waals surface area contributed by atoms with E-state index in [0.717, 1.165) is 10.9 Å². The number of likely N-dealkylation sites (tertiary alicyclic amines) is 1. The maximum atomic E-state index is 14.5. The number of para-hydroxylation sites is 1. The van der Waals surface area contributed by atoms with Gasteiger partial charge in [-0.25, -0.2) is 0 Å². The van der Waals surface area contributed by atoms with Crippen molar-refractivity contribution in [3.63, 3.8) is 0 Å². The number of aromatic amines is 1. The van der Waals surface area contributed by atoms with Crippen LogP contribution in [0.25, 0.3) is 10.9 Å². The molecule has 1 aliphatic heterocycles. The average Bonchev–Trinajstić information content (AvgIpc) is 3.97. The van der Waals surface area contributed by atoms with Crippen LogP contribution in [-0.2, 0) is 49.6 Å². The third-order valence-corrected chi connectivity index (χ3v) is 11.8. The van der Waals surface area contributed by atoms with E-state index in [2.05, 4.69) is 47.2 Å². The van der Waals surface area contributed by atoms with Gasteiger partial charge in [0.2, 0.25) is 47.3 Å². The van der Waals surface area contributed by atoms with E-state index in [4.69, 9.17) is 17.2 Å². The van der Waals surface area contributed by atoms with Crippen molar-refractivity contribution in [2.45, 2.75) is 142 Å². The Labute approximate surface area is 413 Å². The molecule has 16 N–H and O–H groups in total. The molecule has 1 aromatic carbocycles. The minimum absolute atomic E-state index is 0.00429. The van der Waals surface area contributed by atoms with Gasteiger partial charge in [-0.2, -0.15) is 0 Å². The van der Waals surface area contributed by atoms with E-state index in [1.165, 1.54) is 11.8 Å². The summed E-state index contributed by atoms with van der Waals surface area (Å²) >= 11 is 0.